The van der Waals surface area contributed by atoms with Crippen LogP contribution < -0.4 is 8.85 Å². The molecule has 0 bridgehead atoms. The first-order valence-electron chi connectivity index (χ1n) is 13.3. The van der Waals surface area contributed by atoms with Gasteiger partial charge in [-0.1, -0.05) is 87.4 Å². The van der Waals surface area contributed by atoms with E-state index in [1.54, 1.807) is 21.6 Å². The molecule has 2 nitrogen and oxygen atoms in total. The maximum atomic E-state index is 6.51. The van der Waals surface area contributed by atoms with Gasteiger partial charge >= 0.3 is 0 Å². The lowest BCUT2D eigenvalue weighted by Gasteiger charge is -2.36. The SMILES string of the molecule is CC(C)(C)[Si](C)(C)Oc1ccc2cc(SSc3ccc4cc(O[Si](C)(C)C(C)(C)C)ccc4c3)ccc2c1. The van der Waals surface area contributed by atoms with E-state index in [4.69, 9.17) is 8.85 Å². The second-order valence-electron chi connectivity index (χ2n) is 13.2. The van der Waals surface area contributed by atoms with Crippen LogP contribution in [0.4, 0.5) is 0 Å². The molecule has 0 aliphatic heterocycles. The molecule has 202 valence electrons. The van der Waals surface area contributed by atoms with Crippen molar-refractivity contribution in [3.8, 4) is 11.5 Å². The van der Waals surface area contributed by atoms with Crippen molar-refractivity contribution in [2.75, 3.05) is 0 Å². The van der Waals surface area contributed by atoms with Crippen molar-refractivity contribution < 1.29 is 8.85 Å². The van der Waals surface area contributed by atoms with E-state index in [1.165, 1.54) is 31.3 Å². The average molecular weight is 579 g/mol. The van der Waals surface area contributed by atoms with Crippen LogP contribution in [0, 0.1) is 0 Å². The quantitative estimate of drug-likeness (QED) is 0.160. The van der Waals surface area contributed by atoms with E-state index in [0.717, 1.165) is 11.5 Å². The number of rotatable bonds is 7. The molecule has 4 rings (SSSR count). The Kier molecular flexibility index (Phi) is 8.13. The topological polar surface area (TPSA) is 18.5 Å². The summed E-state index contributed by atoms with van der Waals surface area (Å²) in [7, 11) is -0.0938. The first kappa shape index (κ1) is 29.1. The van der Waals surface area contributed by atoms with E-state index in [2.05, 4.69) is 141 Å². The van der Waals surface area contributed by atoms with Crippen LogP contribution in [0.25, 0.3) is 21.5 Å². The van der Waals surface area contributed by atoms with Crippen LogP contribution in [0.1, 0.15) is 41.5 Å². The van der Waals surface area contributed by atoms with Gasteiger partial charge in [0.05, 0.1) is 0 Å². The standard InChI is InChI=1S/C32H42O2S2Si2/c1-31(2,3)37(7,8)33-27-15-11-25-21-29(17-13-23(25)19-27)35-36-30-18-14-24-20-28(16-12-26(24)22-30)34-38(9,10)32(4,5)6/h11-22H,1-10H3. The molecule has 0 amide bonds. The molecule has 0 N–H and O–H groups in total. The highest BCUT2D eigenvalue weighted by atomic mass is 33.1. The largest absolute Gasteiger partial charge is 0.543 e. The molecule has 0 saturated heterocycles. The molecular formula is C32H42O2S2Si2. The van der Waals surface area contributed by atoms with Crippen molar-refractivity contribution in [2.45, 2.75) is 87.6 Å². The summed E-state index contributed by atoms with van der Waals surface area (Å²) < 4.78 is 13.0. The van der Waals surface area contributed by atoms with E-state index in [1.807, 2.05) is 0 Å². The van der Waals surface area contributed by atoms with Crippen molar-refractivity contribution in [1.82, 2.24) is 0 Å². The monoisotopic (exact) mass is 578 g/mol. The molecule has 0 aromatic heterocycles. The Morgan fingerprint density at radius 1 is 0.474 bits per heavy atom. The molecule has 0 radical (unpaired) electrons. The third kappa shape index (κ3) is 6.64. The third-order valence-electron chi connectivity index (χ3n) is 8.16. The molecule has 0 aliphatic carbocycles. The molecule has 0 fully saturated rings. The normalized spacial score (nSPS) is 13.2. The fourth-order valence-corrected chi connectivity index (χ4v) is 7.66. The highest BCUT2D eigenvalue weighted by molar-refractivity contribution is 8.76. The van der Waals surface area contributed by atoms with Crippen molar-refractivity contribution >= 4 is 59.8 Å². The molecule has 0 spiro atoms. The van der Waals surface area contributed by atoms with Gasteiger partial charge < -0.3 is 8.85 Å². The molecule has 0 heterocycles. The van der Waals surface area contributed by atoms with Crippen molar-refractivity contribution in [1.29, 1.82) is 0 Å². The second kappa shape index (κ2) is 10.6. The molecule has 0 atom stereocenters. The minimum absolute atomic E-state index is 0.184. The van der Waals surface area contributed by atoms with Gasteiger partial charge in [0, 0.05) is 9.79 Å². The van der Waals surface area contributed by atoms with Gasteiger partial charge in [0.2, 0.25) is 16.6 Å². The summed E-state index contributed by atoms with van der Waals surface area (Å²) in [5.74, 6) is 1.96. The van der Waals surface area contributed by atoms with Gasteiger partial charge in [-0.3, -0.25) is 0 Å². The Bertz CT molecular complexity index is 1340. The van der Waals surface area contributed by atoms with Crippen LogP contribution >= 0.6 is 21.6 Å². The molecule has 38 heavy (non-hydrogen) atoms. The fourth-order valence-electron chi connectivity index (χ4n) is 3.63. The molecule has 0 unspecified atom stereocenters. The molecule has 6 heteroatoms. The Labute approximate surface area is 239 Å². The van der Waals surface area contributed by atoms with E-state index < -0.39 is 16.6 Å². The van der Waals surface area contributed by atoms with Gasteiger partial charge in [0.15, 0.2) is 0 Å². The lowest BCUT2D eigenvalue weighted by molar-refractivity contribution is 0.492. The van der Waals surface area contributed by atoms with Crippen molar-refractivity contribution in [3.05, 3.63) is 72.8 Å². The molecular weight excluding hydrogens is 537 g/mol. The fraction of sp³-hybridized carbons (Fsp3) is 0.375. The lowest BCUT2D eigenvalue weighted by Crippen LogP contribution is -2.43. The van der Waals surface area contributed by atoms with Crippen LogP contribution in [0.3, 0.4) is 0 Å². The summed E-state index contributed by atoms with van der Waals surface area (Å²) in [6.45, 7) is 22.8. The molecule has 0 aliphatic rings. The minimum Gasteiger partial charge on any atom is -0.543 e. The van der Waals surface area contributed by atoms with E-state index in [0.29, 0.717) is 0 Å². The number of fused-ring (bicyclic) bond motifs is 2. The first-order valence-corrected chi connectivity index (χ1v) is 21.3. The zero-order valence-corrected chi connectivity index (χ0v) is 28.2. The third-order valence-corrected chi connectivity index (χ3v) is 19.3. The van der Waals surface area contributed by atoms with Gasteiger partial charge in [-0.2, -0.15) is 0 Å². The maximum absolute atomic E-state index is 6.51. The van der Waals surface area contributed by atoms with Crippen LogP contribution in [0.15, 0.2) is 82.6 Å². The Morgan fingerprint density at radius 3 is 1.13 bits per heavy atom. The summed E-state index contributed by atoms with van der Waals surface area (Å²) in [4.78, 5) is 2.50. The molecule has 4 aromatic rings. The predicted octanol–water partition coefficient (Wildman–Crippen LogP) is 11.6. The molecule has 4 aromatic carbocycles. The van der Waals surface area contributed by atoms with Gasteiger partial charge in [0.25, 0.3) is 0 Å². The van der Waals surface area contributed by atoms with Gasteiger partial charge in [-0.15, -0.1) is 0 Å². The molecule has 0 saturated carbocycles. The summed E-state index contributed by atoms with van der Waals surface area (Å²) in [6.07, 6.45) is 0. The highest BCUT2D eigenvalue weighted by Gasteiger charge is 2.39. The maximum Gasteiger partial charge on any atom is 0.250 e. The minimum atomic E-state index is -1.85. The zero-order valence-electron chi connectivity index (χ0n) is 24.6. The Hall–Kier alpha value is -1.87. The Balaban J connectivity index is 1.44. The predicted molar refractivity (Wildman–Crippen MR) is 175 cm³/mol. The van der Waals surface area contributed by atoms with Crippen LogP contribution in [0.2, 0.25) is 36.3 Å². The summed E-state index contributed by atoms with van der Waals surface area (Å²) in [5, 5.41) is 5.29. The van der Waals surface area contributed by atoms with Crippen molar-refractivity contribution in [3.63, 3.8) is 0 Å². The second-order valence-corrected chi connectivity index (χ2v) is 25.0. The number of benzene rings is 4. The summed E-state index contributed by atoms with van der Waals surface area (Å²) in [6, 6.07) is 26.4. The average Bonchev–Trinajstić information content (AvgIpc) is 2.80. The zero-order chi connectivity index (χ0) is 27.9. The van der Waals surface area contributed by atoms with Gasteiger partial charge in [-0.05, 0) is 106 Å². The van der Waals surface area contributed by atoms with Crippen LogP contribution in [0.5, 0.6) is 11.5 Å². The summed E-state index contributed by atoms with van der Waals surface area (Å²) in [5.41, 5.74) is 0. The highest BCUT2D eigenvalue weighted by Crippen LogP contribution is 2.42. The summed E-state index contributed by atoms with van der Waals surface area (Å²) >= 11 is 0. The van der Waals surface area contributed by atoms with Gasteiger partial charge in [-0.25, -0.2) is 0 Å². The first-order chi connectivity index (χ1) is 17.5. The van der Waals surface area contributed by atoms with Crippen LogP contribution in [-0.2, 0) is 0 Å². The smallest absolute Gasteiger partial charge is 0.250 e. The Morgan fingerprint density at radius 2 is 0.789 bits per heavy atom. The van der Waals surface area contributed by atoms with Crippen molar-refractivity contribution in [2.24, 2.45) is 0 Å². The van der Waals surface area contributed by atoms with E-state index in [9.17, 15) is 0 Å². The van der Waals surface area contributed by atoms with Gasteiger partial charge in [0.1, 0.15) is 11.5 Å². The lowest BCUT2D eigenvalue weighted by atomic mass is 10.1. The number of hydrogen-bond acceptors (Lipinski definition) is 4. The van der Waals surface area contributed by atoms with E-state index in [-0.39, 0.29) is 10.1 Å². The number of hydrogen-bond donors (Lipinski definition) is 0. The van der Waals surface area contributed by atoms with E-state index >= 15 is 0 Å². The van der Waals surface area contributed by atoms with Crippen LogP contribution in [-0.4, -0.2) is 16.6 Å².